The SMILES string of the molecule is CC(C)(C)OC(=O)CCC(C#N)c1cncc(Br)c1. The van der Waals surface area contributed by atoms with Crippen LogP contribution in [0.3, 0.4) is 0 Å². The maximum absolute atomic E-state index is 11.6. The molecule has 4 nitrogen and oxygen atoms in total. The smallest absolute Gasteiger partial charge is 0.306 e. The predicted molar refractivity (Wildman–Crippen MR) is 75.4 cm³/mol. The Hall–Kier alpha value is -1.41. The van der Waals surface area contributed by atoms with Crippen LogP contribution in [0.1, 0.15) is 45.1 Å². The molecule has 1 atom stereocenters. The van der Waals surface area contributed by atoms with Crippen LogP contribution in [-0.2, 0) is 9.53 Å². The topological polar surface area (TPSA) is 63.0 Å². The van der Waals surface area contributed by atoms with E-state index in [2.05, 4.69) is 27.0 Å². The van der Waals surface area contributed by atoms with E-state index >= 15 is 0 Å². The first-order chi connectivity index (χ1) is 8.81. The first kappa shape index (κ1) is 15.6. The van der Waals surface area contributed by atoms with Crippen LogP contribution in [0.4, 0.5) is 0 Å². The average Bonchev–Trinajstić information content (AvgIpc) is 2.27. The highest BCUT2D eigenvalue weighted by atomic mass is 79.9. The summed E-state index contributed by atoms with van der Waals surface area (Å²) < 4.78 is 6.04. The number of aromatic nitrogens is 1. The average molecular weight is 325 g/mol. The van der Waals surface area contributed by atoms with Gasteiger partial charge in [-0.15, -0.1) is 0 Å². The van der Waals surface area contributed by atoms with Crippen LogP contribution in [-0.4, -0.2) is 16.6 Å². The zero-order chi connectivity index (χ0) is 14.5. The van der Waals surface area contributed by atoms with Gasteiger partial charge in [0.1, 0.15) is 5.60 Å². The van der Waals surface area contributed by atoms with Crippen molar-refractivity contribution in [3.8, 4) is 6.07 Å². The first-order valence-electron chi connectivity index (χ1n) is 6.04. The summed E-state index contributed by atoms with van der Waals surface area (Å²) in [5, 5.41) is 9.17. The molecule has 0 aliphatic carbocycles. The number of nitriles is 1. The van der Waals surface area contributed by atoms with E-state index in [1.54, 1.807) is 12.4 Å². The minimum Gasteiger partial charge on any atom is -0.460 e. The summed E-state index contributed by atoms with van der Waals surface area (Å²) in [6.45, 7) is 5.47. The van der Waals surface area contributed by atoms with E-state index in [0.29, 0.717) is 6.42 Å². The fourth-order valence-corrected chi connectivity index (χ4v) is 1.96. The van der Waals surface area contributed by atoms with Gasteiger partial charge in [0.2, 0.25) is 0 Å². The molecule has 19 heavy (non-hydrogen) atoms. The summed E-state index contributed by atoms with van der Waals surface area (Å²) in [5.74, 6) is -0.631. The summed E-state index contributed by atoms with van der Waals surface area (Å²) in [6, 6.07) is 4.04. The quantitative estimate of drug-likeness (QED) is 0.794. The van der Waals surface area contributed by atoms with E-state index in [0.717, 1.165) is 10.0 Å². The number of pyridine rings is 1. The van der Waals surface area contributed by atoms with Crippen molar-refractivity contribution >= 4 is 21.9 Å². The van der Waals surface area contributed by atoms with Crippen molar-refractivity contribution in [3.05, 3.63) is 28.5 Å². The molecule has 0 spiro atoms. The molecule has 0 bridgehead atoms. The molecular weight excluding hydrogens is 308 g/mol. The highest BCUT2D eigenvalue weighted by Gasteiger charge is 2.19. The third-order valence-corrected chi connectivity index (χ3v) is 2.78. The molecule has 1 aromatic heterocycles. The number of rotatable bonds is 4. The zero-order valence-corrected chi connectivity index (χ0v) is 12.9. The molecule has 0 aliphatic heterocycles. The predicted octanol–water partition coefficient (Wildman–Crippen LogP) is 3.57. The molecule has 1 unspecified atom stereocenters. The number of hydrogen-bond acceptors (Lipinski definition) is 4. The summed E-state index contributed by atoms with van der Waals surface area (Å²) in [4.78, 5) is 15.6. The van der Waals surface area contributed by atoms with Crippen LogP contribution < -0.4 is 0 Å². The Bertz CT molecular complexity index is 489. The van der Waals surface area contributed by atoms with Gasteiger partial charge in [-0.1, -0.05) is 0 Å². The van der Waals surface area contributed by atoms with Crippen LogP contribution in [0.5, 0.6) is 0 Å². The maximum Gasteiger partial charge on any atom is 0.306 e. The van der Waals surface area contributed by atoms with Crippen molar-refractivity contribution in [2.45, 2.75) is 45.1 Å². The zero-order valence-electron chi connectivity index (χ0n) is 11.3. The number of halogens is 1. The molecule has 0 fully saturated rings. The fourth-order valence-electron chi connectivity index (χ4n) is 1.58. The highest BCUT2D eigenvalue weighted by Crippen LogP contribution is 2.23. The summed E-state index contributed by atoms with van der Waals surface area (Å²) >= 11 is 3.32. The van der Waals surface area contributed by atoms with Gasteiger partial charge >= 0.3 is 5.97 Å². The van der Waals surface area contributed by atoms with Gasteiger partial charge in [-0.2, -0.15) is 5.26 Å². The second kappa shape index (κ2) is 6.67. The Labute approximate surface area is 121 Å². The lowest BCUT2D eigenvalue weighted by Gasteiger charge is -2.19. The minimum atomic E-state index is -0.490. The number of esters is 1. The second-order valence-corrected chi connectivity index (χ2v) is 6.16. The van der Waals surface area contributed by atoms with Gasteiger partial charge in [-0.25, -0.2) is 0 Å². The third-order valence-electron chi connectivity index (χ3n) is 2.34. The Morgan fingerprint density at radius 1 is 1.53 bits per heavy atom. The van der Waals surface area contributed by atoms with Crippen molar-refractivity contribution in [1.82, 2.24) is 4.98 Å². The monoisotopic (exact) mass is 324 g/mol. The van der Waals surface area contributed by atoms with Gasteiger partial charge in [0.25, 0.3) is 0 Å². The molecule has 0 aliphatic rings. The number of nitrogens with zero attached hydrogens (tertiary/aromatic N) is 2. The van der Waals surface area contributed by atoms with Crippen molar-refractivity contribution in [3.63, 3.8) is 0 Å². The Kier molecular flexibility index (Phi) is 5.49. The van der Waals surface area contributed by atoms with Crippen LogP contribution in [0.15, 0.2) is 22.9 Å². The van der Waals surface area contributed by atoms with E-state index < -0.39 is 5.60 Å². The highest BCUT2D eigenvalue weighted by molar-refractivity contribution is 9.10. The summed E-state index contributed by atoms with van der Waals surface area (Å²) in [5.41, 5.74) is 0.316. The molecule has 0 N–H and O–H groups in total. The minimum absolute atomic E-state index is 0.224. The molecule has 0 radical (unpaired) electrons. The normalized spacial score (nSPS) is 12.6. The molecule has 0 amide bonds. The maximum atomic E-state index is 11.6. The van der Waals surface area contributed by atoms with Crippen LogP contribution in [0.25, 0.3) is 0 Å². The molecule has 5 heteroatoms. The molecule has 1 rings (SSSR count). The van der Waals surface area contributed by atoms with Crippen LogP contribution in [0.2, 0.25) is 0 Å². The molecular formula is C14H17BrN2O2. The molecule has 0 saturated heterocycles. The van der Waals surface area contributed by atoms with Crippen LogP contribution >= 0.6 is 15.9 Å². The lowest BCUT2D eigenvalue weighted by Crippen LogP contribution is -2.23. The van der Waals surface area contributed by atoms with Crippen molar-refractivity contribution < 1.29 is 9.53 Å². The van der Waals surface area contributed by atoms with Gasteiger partial charge in [0, 0.05) is 23.3 Å². The molecule has 1 heterocycles. The van der Waals surface area contributed by atoms with E-state index in [9.17, 15) is 10.1 Å². The first-order valence-corrected chi connectivity index (χ1v) is 6.83. The molecule has 0 aromatic carbocycles. The van der Waals surface area contributed by atoms with E-state index in [1.165, 1.54) is 0 Å². The number of carbonyl (C=O) groups is 1. The van der Waals surface area contributed by atoms with Gasteiger partial charge in [-0.05, 0) is 54.8 Å². The molecule has 1 aromatic rings. The van der Waals surface area contributed by atoms with Crippen molar-refractivity contribution in [1.29, 1.82) is 5.26 Å². The van der Waals surface area contributed by atoms with Crippen molar-refractivity contribution in [2.75, 3.05) is 0 Å². The van der Waals surface area contributed by atoms with Gasteiger partial charge in [0.15, 0.2) is 0 Å². The lowest BCUT2D eigenvalue weighted by molar-refractivity contribution is -0.154. The number of ether oxygens (including phenoxy) is 1. The van der Waals surface area contributed by atoms with Gasteiger partial charge in [0.05, 0.1) is 12.0 Å². The van der Waals surface area contributed by atoms with E-state index in [-0.39, 0.29) is 18.3 Å². The fraction of sp³-hybridized carbons (Fsp3) is 0.500. The molecule has 102 valence electrons. The van der Waals surface area contributed by atoms with E-state index in [1.807, 2.05) is 26.8 Å². The third kappa shape index (κ3) is 5.84. The lowest BCUT2D eigenvalue weighted by atomic mass is 9.97. The Morgan fingerprint density at radius 2 is 2.21 bits per heavy atom. The Balaban J connectivity index is 2.60. The number of hydrogen-bond donors (Lipinski definition) is 0. The number of carbonyl (C=O) groups excluding carboxylic acids is 1. The Morgan fingerprint density at radius 3 is 2.74 bits per heavy atom. The second-order valence-electron chi connectivity index (χ2n) is 5.24. The largest absolute Gasteiger partial charge is 0.460 e. The summed E-state index contributed by atoms with van der Waals surface area (Å²) in [7, 11) is 0. The van der Waals surface area contributed by atoms with Gasteiger partial charge < -0.3 is 4.74 Å². The summed E-state index contributed by atoms with van der Waals surface area (Å²) in [6.07, 6.45) is 3.96. The van der Waals surface area contributed by atoms with E-state index in [4.69, 9.17) is 4.74 Å². The standard InChI is InChI=1S/C14H17BrN2O2/c1-14(2,3)19-13(18)5-4-10(7-16)11-6-12(15)9-17-8-11/h6,8-10H,4-5H2,1-3H3. The molecule has 0 saturated carbocycles. The van der Waals surface area contributed by atoms with Crippen LogP contribution in [0, 0.1) is 11.3 Å². The van der Waals surface area contributed by atoms with Gasteiger partial charge in [-0.3, -0.25) is 9.78 Å². The van der Waals surface area contributed by atoms with Crippen molar-refractivity contribution in [2.24, 2.45) is 0 Å².